The van der Waals surface area contributed by atoms with Gasteiger partial charge in [0.1, 0.15) is 6.04 Å². The van der Waals surface area contributed by atoms with Crippen LogP contribution >= 0.6 is 0 Å². The summed E-state index contributed by atoms with van der Waals surface area (Å²) in [6, 6.07) is 1.74. The van der Waals surface area contributed by atoms with Gasteiger partial charge in [0.2, 0.25) is 11.8 Å². The minimum absolute atomic E-state index is 0.0101. The van der Waals surface area contributed by atoms with Crippen LogP contribution in [0.3, 0.4) is 0 Å². The van der Waals surface area contributed by atoms with Crippen molar-refractivity contribution in [2.45, 2.75) is 246 Å². The Labute approximate surface area is 322 Å². The van der Waals surface area contributed by atoms with Crippen LogP contribution in [0.5, 0.6) is 0 Å². The molecule has 2 N–H and O–H groups in total. The molecule has 6 nitrogen and oxygen atoms in total. The van der Waals surface area contributed by atoms with E-state index in [1.54, 1.807) is 0 Å². The van der Waals surface area contributed by atoms with Crippen LogP contribution in [0, 0.1) is 5.92 Å². The molecule has 0 saturated carbocycles. The number of hydrogen-bond acceptors (Lipinski definition) is 4. The number of unbranched alkanes of at least 4 members (excludes halogenated alkanes) is 22. The van der Waals surface area contributed by atoms with Gasteiger partial charge in [0.15, 0.2) is 16.6 Å². The number of hydrogen-bond donors (Lipinski definition) is 2. The predicted molar refractivity (Wildman–Crippen MR) is 231 cm³/mol. The normalized spacial score (nSPS) is 13.2. The Hall–Kier alpha value is -0.489. The molecule has 0 radical (unpaired) electrons. The maximum atomic E-state index is 12.9. The largest absolute Gasteiger partial charge is 0.436 e. The van der Waals surface area contributed by atoms with Gasteiger partial charge in [-0.1, -0.05) is 169 Å². The highest BCUT2D eigenvalue weighted by molar-refractivity contribution is 6.88. The molecule has 0 aliphatic carbocycles. The van der Waals surface area contributed by atoms with Gasteiger partial charge in [-0.05, 0) is 70.1 Å². The van der Waals surface area contributed by atoms with Gasteiger partial charge in [-0.2, -0.15) is 0 Å². The third-order valence-corrected chi connectivity index (χ3v) is 19.9. The smallest absolute Gasteiger partial charge is 0.317 e. The second-order valence-electron chi connectivity index (χ2n) is 17.9. The number of rotatable bonds is 36. The Kier molecular flexibility index (Phi) is 30.5. The van der Waals surface area contributed by atoms with Crippen LogP contribution in [-0.4, -0.2) is 49.6 Å². The molecule has 0 aromatic heterocycles. The summed E-state index contributed by atoms with van der Waals surface area (Å²) < 4.78 is 13.6. The zero-order valence-electron chi connectivity index (χ0n) is 36.1. The average molecular weight is 771 g/mol. The molecule has 304 valence electrons. The van der Waals surface area contributed by atoms with Gasteiger partial charge in [0.05, 0.1) is 0 Å². The van der Waals surface area contributed by atoms with Crippen LogP contribution in [-0.2, 0) is 17.8 Å². The highest BCUT2D eigenvalue weighted by atomic mass is 28.5. The Bertz CT molecular complexity index is 829. The molecule has 0 fully saturated rings. The van der Waals surface area contributed by atoms with Gasteiger partial charge >= 0.3 is 8.56 Å². The Balaban J connectivity index is 3.95. The molecular weight excluding hydrogens is 681 g/mol. The first kappa shape index (κ1) is 50.5. The van der Waals surface area contributed by atoms with Gasteiger partial charge in [0, 0.05) is 13.0 Å². The number of carbonyl (C=O) groups excluding carboxylic acids is 2. The van der Waals surface area contributed by atoms with Crippen LogP contribution in [0.2, 0.25) is 51.4 Å². The highest BCUT2D eigenvalue weighted by Crippen LogP contribution is 2.30. The summed E-state index contributed by atoms with van der Waals surface area (Å²) in [6.45, 7) is 23.1. The fourth-order valence-electron chi connectivity index (χ4n) is 7.08. The van der Waals surface area contributed by atoms with Crippen molar-refractivity contribution in [2.75, 3.05) is 6.54 Å². The molecule has 0 aliphatic heterocycles. The monoisotopic (exact) mass is 771 g/mol. The number of carbonyl (C=O) groups is 2. The van der Waals surface area contributed by atoms with Crippen LogP contribution in [0.15, 0.2) is 0 Å². The van der Waals surface area contributed by atoms with E-state index in [9.17, 15) is 9.59 Å². The molecule has 0 aromatic carbocycles. The molecule has 0 aromatic rings. The summed E-state index contributed by atoms with van der Waals surface area (Å²) in [4.78, 5) is 25.5. The number of amides is 2. The van der Waals surface area contributed by atoms with Crippen molar-refractivity contribution in [1.82, 2.24) is 10.6 Å². The van der Waals surface area contributed by atoms with E-state index < -0.39 is 31.2 Å². The van der Waals surface area contributed by atoms with Gasteiger partial charge < -0.3 is 18.9 Å². The molecule has 1 unspecified atom stereocenters. The lowest BCUT2D eigenvalue weighted by atomic mass is 10.0. The molecular formula is C42H90N2O4Si3. The lowest BCUT2D eigenvalue weighted by Gasteiger charge is -2.40. The Morgan fingerprint density at radius 3 is 1.27 bits per heavy atom. The second-order valence-corrected chi connectivity index (χ2v) is 31.0. The van der Waals surface area contributed by atoms with Gasteiger partial charge in [0.25, 0.3) is 0 Å². The van der Waals surface area contributed by atoms with Crippen molar-refractivity contribution in [1.29, 1.82) is 0 Å². The fourth-order valence-corrected chi connectivity index (χ4v) is 19.7. The SMILES string of the molecule is CCCCCCCCCCCCCCCCCCNC(=O)C(NC(=O)CCCCCCCCCC[Si](CC)(O[Si](C)(C)C)O[Si](C)(C)C)C(C)C. The van der Waals surface area contributed by atoms with Gasteiger partial charge in [-0.3, -0.25) is 9.59 Å². The van der Waals surface area contributed by atoms with Crippen LogP contribution in [0.1, 0.15) is 188 Å². The van der Waals surface area contributed by atoms with Crippen LogP contribution in [0.25, 0.3) is 0 Å². The third kappa shape index (κ3) is 31.6. The van der Waals surface area contributed by atoms with Crippen molar-refractivity contribution in [3.8, 4) is 0 Å². The second kappa shape index (κ2) is 30.8. The van der Waals surface area contributed by atoms with E-state index in [1.165, 1.54) is 135 Å². The molecule has 2 amide bonds. The van der Waals surface area contributed by atoms with Crippen LogP contribution in [0.4, 0.5) is 0 Å². The summed E-state index contributed by atoms with van der Waals surface area (Å²) in [6.07, 6.45) is 31.4. The molecule has 0 saturated heterocycles. The molecule has 0 aliphatic rings. The quantitative estimate of drug-likeness (QED) is 0.0491. The number of nitrogens with one attached hydrogen (secondary N) is 2. The zero-order valence-corrected chi connectivity index (χ0v) is 39.1. The maximum Gasteiger partial charge on any atom is 0.317 e. The van der Waals surface area contributed by atoms with E-state index in [0.29, 0.717) is 13.0 Å². The Morgan fingerprint density at radius 2 is 0.902 bits per heavy atom. The van der Waals surface area contributed by atoms with E-state index in [0.717, 1.165) is 31.4 Å². The van der Waals surface area contributed by atoms with E-state index >= 15 is 0 Å². The lowest BCUT2D eigenvalue weighted by molar-refractivity contribution is -0.130. The summed E-state index contributed by atoms with van der Waals surface area (Å²) in [7, 11) is -5.42. The Morgan fingerprint density at radius 1 is 0.529 bits per heavy atom. The summed E-state index contributed by atoms with van der Waals surface area (Å²) in [5.74, 6) is 0.0576. The zero-order chi connectivity index (χ0) is 38.4. The van der Waals surface area contributed by atoms with Crippen molar-refractivity contribution in [2.24, 2.45) is 5.92 Å². The summed E-state index contributed by atoms with van der Waals surface area (Å²) in [5, 5.41) is 6.12. The third-order valence-electron chi connectivity index (χ3n) is 9.83. The topological polar surface area (TPSA) is 76.7 Å². The summed E-state index contributed by atoms with van der Waals surface area (Å²) in [5.41, 5.74) is 0. The minimum Gasteiger partial charge on any atom is -0.436 e. The first-order valence-electron chi connectivity index (χ1n) is 22.1. The maximum absolute atomic E-state index is 12.9. The molecule has 9 heteroatoms. The molecule has 51 heavy (non-hydrogen) atoms. The van der Waals surface area contributed by atoms with Crippen molar-refractivity contribution in [3.05, 3.63) is 0 Å². The minimum atomic E-state index is -2.13. The first-order valence-corrected chi connectivity index (χ1v) is 31.2. The van der Waals surface area contributed by atoms with Gasteiger partial charge in [-0.25, -0.2) is 0 Å². The molecule has 0 rings (SSSR count). The van der Waals surface area contributed by atoms with Gasteiger partial charge in [-0.15, -0.1) is 0 Å². The summed E-state index contributed by atoms with van der Waals surface area (Å²) >= 11 is 0. The van der Waals surface area contributed by atoms with E-state index in [1.807, 2.05) is 13.8 Å². The fraction of sp³-hybridized carbons (Fsp3) is 0.952. The first-order chi connectivity index (χ1) is 24.1. The average Bonchev–Trinajstić information content (AvgIpc) is 3.04. The van der Waals surface area contributed by atoms with Crippen molar-refractivity contribution < 1.29 is 17.8 Å². The van der Waals surface area contributed by atoms with E-state index in [-0.39, 0.29) is 17.7 Å². The van der Waals surface area contributed by atoms with E-state index in [2.05, 4.69) is 63.8 Å². The molecule has 0 bridgehead atoms. The molecule has 1 atom stereocenters. The predicted octanol–water partition coefficient (Wildman–Crippen LogP) is 13.2. The van der Waals surface area contributed by atoms with E-state index in [4.69, 9.17) is 8.23 Å². The molecule has 0 heterocycles. The molecule has 0 spiro atoms. The van der Waals surface area contributed by atoms with Crippen LogP contribution < -0.4 is 10.6 Å². The standard InChI is InChI=1S/C42H90N2O4Si3/c1-11-13-14-15-16-17-18-19-20-21-22-23-25-28-31-34-37-43-42(46)41(39(3)4)44-40(45)36-33-30-27-24-26-29-32-35-38-51(12-2,47-49(5,6)7)48-50(8,9)10/h39,41H,11-38H2,1-10H3,(H,43,46)(H,44,45). The van der Waals surface area contributed by atoms with Crippen molar-refractivity contribution >= 4 is 37.0 Å². The van der Waals surface area contributed by atoms with Crippen molar-refractivity contribution in [3.63, 3.8) is 0 Å². The lowest BCUT2D eigenvalue weighted by Crippen LogP contribution is -2.54. The highest BCUT2D eigenvalue weighted by Gasteiger charge is 2.42.